The van der Waals surface area contributed by atoms with Gasteiger partial charge in [0.05, 0.1) is 25.8 Å². The summed E-state index contributed by atoms with van der Waals surface area (Å²) in [6, 6.07) is 15.5. The first-order valence-corrected chi connectivity index (χ1v) is 13.0. The van der Waals surface area contributed by atoms with E-state index >= 15 is 0 Å². The van der Waals surface area contributed by atoms with Gasteiger partial charge < -0.3 is 25.8 Å². The molecule has 0 radical (unpaired) electrons. The number of halogens is 1. The zero-order valence-corrected chi connectivity index (χ0v) is 22.9. The highest BCUT2D eigenvalue weighted by Gasteiger charge is 2.27. The van der Waals surface area contributed by atoms with E-state index in [0.29, 0.717) is 34.2 Å². The molecule has 0 saturated heterocycles. The first-order chi connectivity index (χ1) is 19.4. The van der Waals surface area contributed by atoms with E-state index in [2.05, 4.69) is 32.0 Å². The summed E-state index contributed by atoms with van der Waals surface area (Å²) < 4.78 is 11.2. The van der Waals surface area contributed by atoms with Crippen molar-refractivity contribution in [1.82, 2.24) is 19.9 Å². The smallest absolute Gasteiger partial charge is 0.221 e. The maximum Gasteiger partial charge on any atom is 0.221 e. The quantitative estimate of drug-likeness (QED) is 0.181. The van der Waals surface area contributed by atoms with Crippen LogP contribution in [0.15, 0.2) is 73.2 Å². The number of ether oxygens (including phenoxy) is 2. The molecule has 4 N–H and O–H groups in total. The molecule has 0 amide bonds. The van der Waals surface area contributed by atoms with Gasteiger partial charge in [-0.3, -0.25) is 4.79 Å². The average molecular weight is 557 g/mol. The van der Waals surface area contributed by atoms with Gasteiger partial charge in [-0.25, -0.2) is 9.97 Å². The summed E-state index contributed by atoms with van der Waals surface area (Å²) in [6.45, 7) is 0.727. The fourth-order valence-corrected chi connectivity index (χ4v) is 5.13. The van der Waals surface area contributed by atoms with Gasteiger partial charge in [0.25, 0.3) is 0 Å². The number of methoxy groups -OCH3 is 2. The molecular formula is C30H29ClN6O3. The zero-order valence-electron chi connectivity index (χ0n) is 22.2. The first-order valence-electron chi connectivity index (χ1n) is 12.7. The van der Waals surface area contributed by atoms with Gasteiger partial charge in [-0.15, -0.1) is 0 Å². The molecule has 1 atom stereocenters. The fraction of sp³-hybridized carbons (Fsp3) is 0.200. The van der Waals surface area contributed by atoms with Crippen molar-refractivity contribution in [1.29, 1.82) is 0 Å². The molecule has 9 nitrogen and oxygen atoms in total. The number of nitrogen functional groups attached to an aromatic ring is 2. The van der Waals surface area contributed by atoms with Crippen LogP contribution in [0.5, 0.6) is 11.5 Å². The van der Waals surface area contributed by atoms with Gasteiger partial charge >= 0.3 is 0 Å². The molecule has 0 spiro atoms. The molecule has 0 saturated carbocycles. The Balaban J connectivity index is 1.48. The minimum absolute atomic E-state index is 0.0996. The molecule has 1 unspecified atom stereocenters. The molecule has 4 aromatic rings. The Morgan fingerprint density at radius 2 is 1.93 bits per heavy atom. The summed E-state index contributed by atoms with van der Waals surface area (Å²) in [5.41, 5.74) is 16.9. The molecule has 10 heteroatoms. The van der Waals surface area contributed by atoms with Gasteiger partial charge in [-0.2, -0.15) is 4.98 Å². The Morgan fingerprint density at radius 3 is 2.65 bits per heavy atom. The molecule has 3 heterocycles. The highest BCUT2D eigenvalue weighted by molar-refractivity contribution is 6.29. The number of nitrogens with zero attached hydrogens (tertiary/aromatic N) is 4. The van der Waals surface area contributed by atoms with E-state index in [1.165, 1.54) is 25.3 Å². The SMILES string of the molecule is COc1cc(Cc2cnc(N)nc2N)cc(C(=O)C=CN2CCc3ccccc3C2c2ccc(Cl)nc2)c1OC. The first kappa shape index (κ1) is 27.0. The van der Waals surface area contributed by atoms with Crippen LogP contribution in [0.4, 0.5) is 11.8 Å². The number of nitrogens with two attached hydrogens (primary N) is 2. The summed E-state index contributed by atoms with van der Waals surface area (Å²) in [5.74, 6) is 0.935. The van der Waals surface area contributed by atoms with Crippen molar-refractivity contribution in [2.75, 3.05) is 32.2 Å². The van der Waals surface area contributed by atoms with E-state index < -0.39 is 0 Å². The summed E-state index contributed by atoms with van der Waals surface area (Å²) in [6.07, 6.45) is 7.99. The summed E-state index contributed by atoms with van der Waals surface area (Å²) in [7, 11) is 3.04. The monoisotopic (exact) mass is 556 g/mol. The van der Waals surface area contributed by atoms with Crippen LogP contribution in [0.1, 0.15) is 44.2 Å². The topological polar surface area (TPSA) is 129 Å². The van der Waals surface area contributed by atoms with Crippen LogP contribution in [0.25, 0.3) is 0 Å². The molecule has 1 aliphatic rings. The average Bonchev–Trinajstić information content (AvgIpc) is 2.97. The van der Waals surface area contributed by atoms with E-state index in [4.69, 9.17) is 32.5 Å². The molecule has 204 valence electrons. The van der Waals surface area contributed by atoms with E-state index in [-0.39, 0.29) is 23.6 Å². The minimum atomic E-state index is -0.231. The van der Waals surface area contributed by atoms with Crippen LogP contribution in [-0.4, -0.2) is 46.4 Å². The third-order valence-corrected chi connectivity index (χ3v) is 7.14. The van der Waals surface area contributed by atoms with E-state index in [9.17, 15) is 4.79 Å². The summed E-state index contributed by atoms with van der Waals surface area (Å²) >= 11 is 6.07. The summed E-state index contributed by atoms with van der Waals surface area (Å²) in [5, 5.41) is 0.429. The Bertz CT molecular complexity index is 1570. The number of carbonyl (C=O) groups is 1. The Labute approximate surface area is 237 Å². The van der Waals surface area contributed by atoms with Gasteiger partial charge in [-0.05, 0) is 46.9 Å². The van der Waals surface area contributed by atoms with E-state index in [1.54, 1.807) is 36.7 Å². The minimum Gasteiger partial charge on any atom is -0.493 e. The van der Waals surface area contributed by atoms with Crippen LogP contribution < -0.4 is 20.9 Å². The second-order valence-electron chi connectivity index (χ2n) is 9.38. The Hall–Kier alpha value is -4.63. The third kappa shape index (κ3) is 5.55. The molecule has 1 aliphatic heterocycles. The van der Waals surface area contributed by atoms with Crippen molar-refractivity contribution >= 4 is 29.2 Å². The molecule has 0 aliphatic carbocycles. The van der Waals surface area contributed by atoms with Crippen molar-refractivity contribution in [3.63, 3.8) is 0 Å². The molecule has 2 aromatic heterocycles. The molecule has 2 aromatic carbocycles. The Morgan fingerprint density at radius 1 is 1.10 bits per heavy atom. The number of benzene rings is 2. The predicted octanol–water partition coefficient (Wildman–Crippen LogP) is 4.64. The van der Waals surface area contributed by atoms with Crippen molar-refractivity contribution in [3.05, 3.63) is 112 Å². The van der Waals surface area contributed by atoms with Gasteiger partial charge in [0.15, 0.2) is 17.3 Å². The Kier molecular flexibility index (Phi) is 7.84. The lowest BCUT2D eigenvalue weighted by Crippen LogP contribution is -2.32. The van der Waals surface area contributed by atoms with Crippen molar-refractivity contribution < 1.29 is 14.3 Å². The van der Waals surface area contributed by atoms with Crippen LogP contribution in [0, 0.1) is 0 Å². The summed E-state index contributed by atoms with van der Waals surface area (Å²) in [4.78, 5) is 28.1. The lowest BCUT2D eigenvalue weighted by molar-refractivity contribution is 0.104. The van der Waals surface area contributed by atoms with E-state index in [1.807, 2.05) is 24.4 Å². The number of pyridine rings is 1. The second kappa shape index (κ2) is 11.6. The van der Waals surface area contributed by atoms with Gasteiger partial charge in [-0.1, -0.05) is 41.9 Å². The van der Waals surface area contributed by atoms with Crippen molar-refractivity contribution in [2.45, 2.75) is 18.9 Å². The van der Waals surface area contributed by atoms with Crippen LogP contribution in [-0.2, 0) is 12.8 Å². The zero-order chi connectivity index (χ0) is 28.2. The number of allylic oxidation sites excluding steroid dienone is 1. The molecule has 40 heavy (non-hydrogen) atoms. The number of rotatable bonds is 8. The molecular weight excluding hydrogens is 528 g/mol. The fourth-order valence-electron chi connectivity index (χ4n) is 5.02. The maximum absolute atomic E-state index is 13.6. The molecule has 5 rings (SSSR count). The van der Waals surface area contributed by atoms with Crippen LogP contribution >= 0.6 is 11.6 Å². The van der Waals surface area contributed by atoms with Gasteiger partial charge in [0, 0.05) is 43.2 Å². The number of hydrogen-bond donors (Lipinski definition) is 2. The maximum atomic E-state index is 13.6. The second-order valence-corrected chi connectivity index (χ2v) is 9.77. The van der Waals surface area contributed by atoms with Gasteiger partial charge in [0.2, 0.25) is 5.95 Å². The lowest BCUT2D eigenvalue weighted by Gasteiger charge is -2.37. The predicted molar refractivity (Wildman–Crippen MR) is 155 cm³/mol. The van der Waals surface area contributed by atoms with Crippen LogP contribution in [0.2, 0.25) is 5.15 Å². The highest BCUT2D eigenvalue weighted by atomic mass is 35.5. The number of hydrogen-bond acceptors (Lipinski definition) is 9. The molecule has 0 bridgehead atoms. The normalized spacial score (nSPS) is 14.7. The van der Waals surface area contributed by atoms with Crippen molar-refractivity contribution in [3.8, 4) is 11.5 Å². The standard InChI is InChI=1S/C30H29ClN6O3/c1-39-25-15-18(13-21-17-35-30(33)36-29(21)32)14-23(28(25)40-2)24(38)10-12-37-11-9-19-5-3-4-6-22(19)27(37)20-7-8-26(31)34-16-20/h3-8,10,12,14-17,27H,9,11,13H2,1-2H3,(H4,32,33,35,36). The number of aromatic nitrogens is 3. The number of fused-ring (bicyclic) bond motifs is 1. The van der Waals surface area contributed by atoms with E-state index in [0.717, 1.165) is 24.1 Å². The number of carbonyl (C=O) groups excluding carboxylic acids is 1. The highest BCUT2D eigenvalue weighted by Crippen LogP contribution is 2.37. The molecule has 0 fully saturated rings. The largest absolute Gasteiger partial charge is 0.493 e. The number of ketones is 1. The third-order valence-electron chi connectivity index (χ3n) is 6.92. The lowest BCUT2D eigenvalue weighted by atomic mass is 9.89. The van der Waals surface area contributed by atoms with Crippen LogP contribution in [0.3, 0.4) is 0 Å². The van der Waals surface area contributed by atoms with Gasteiger partial charge in [0.1, 0.15) is 11.0 Å². The number of anilines is 2. The van der Waals surface area contributed by atoms with Crippen molar-refractivity contribution in [2.24, 2.45) is 0 Å².